The number of nitrogens with one attached hydrogen (secondary N) is 1. The molecule has 3 rings (SSSR count). The summed E-state index contributed by atoms with van der Waals surface area (Å²) in [7, 11) is 0. The largest absolute Gasteiger partial charge is 0.451 e. The van der Waals surface area contributed by atoms with Gasteiger partial charge in [0.25, 0.3) is 5.91 Å². The van der Waals surface area contributed by atoms with Gasteiger partial charge in [0.05, 0.1) is 5.02 Å². The van der Waals surface area contributed by atoms with Gasteiger partial charge in [-0.1, -0.05) is 29.8 Å². The minimum Gasteiger partial charge on any atom is -0.451 e. The van der Waals surface area contributed by atoms with Crippen LogP contribution in [-0.2, 0) is 9.53 Å². The molecule has 0 unspecified atom stereocenters. The molecule has 0 aliphatic carbocycles. The van der Waals surface area contributed by atoms with E-state index < -0.39 is 24.5 Å². The highest BCUT2D eigenvalue weighted by Gasteiger charge is 2.27. The number of imide groups is 1. The zero-order chi connectivity index (χ0) is 15.7. The van der Waals surface area contributed by atoms with E-state index in [-0.39, 0.29) is 11.4 Å². The number of carbonyl (C=O) groups is 3. The number of amides is 3. The molecule has 1 N–H and O–H groups in total. The molecule has 1 saturated heterocycles. The molecule has 1 aliphatic rings. The Morgan fingerprint density at radius 1 is 1.36 bits per heavy atom. The van der Waals surface area contributed by atoms with E-state index in [9.17, 15) is 14.4 Å². The zero-order valence-corrected chi connectivity index (χ0v) is 12.9. The standard InChI is InChI=1S/C14H11ClN2O4S/c15-11-8-3-1-2-4-9(8)22-12(11)13(19)21-7-10(18)17-6-5-16-14(17)20/h1-4H,5-7H2,(H,16,20). The second-order valence-corrected chi connectivity index (χ2v) is 6.02. The van der Waals surface area contributed by atoms with Gasteiger partial charge in [-0.3, -0.25) is 9.69 Å². The van der Waals surface area contributed by atoms with Crippen LogP contribution in [-0.4, -0.2) is 42.5 Å². The number of nitrogens with zero attached hydrogens (tertiary/aromatic N) is 1. The molecule has 114 valence electrons. The lowest BCUT2D eigenvalue weighted by Gasteiger charge is -2.11. The first-order valence-corrected chi connectivity index (χ1v) is 7.69. The highest BCUT2D eigenvalue weighted by Crippen LogP contribution is 2.35. The molecule has 8 heteroatoms. The normalized spacial score (nSPS) is 14.2. The number of rotatable bonds is 3. The molecule has 3 amide bonds. The molecule has 1 fully saturated rings. The highest BCUT2D eigenvalue weighted by atomic mass is 35.5. The minimum atomic E-state index is -0.667. The number of esters is 1. The van der Waals surface area contributed by atoms with Gasteiger partial charge < -0.3 is 10.1 Å². The lowest BCUT2D eigenvalue weighted by atomic mass is 10.2. The summed E-state index contributed by atoms with van der Waals surface area (Å²) in [5.74, 6) is -1.22. The monoisotopic (exact) mass is 338 g/mol. The van der Waals surface area contributed by atoms with Crippen LogP contribution in [0.15, 0.2) is 24.3 Å². The number of carbonyl (C=O) groups excluding carboxylic acids is 3. The number of ether oxygens (including phenoxy) is 1. The summed E-state index contributed by atoms with van der Waals surface area (Å²) in [5.41, 5.74) is 0. The van der Waals surface area contributed by atoms with Gasteiger partial charge in [0, 0.05) is 23.2 Å². The maximum atomic E-state index is 12.1. The van der Waals surface area contributed by atoms with Crippen LogP contribution < -0.4 is 5.32 Å². The number of hydrogen-bond acceptors (Lipinski definition) is 5. The van der Waals surface area contributed by atoms with Crippen molar-refractivity contribution < 1.29 is 19.1 Å². The number of hydrogen-bond donors (Lipinski definition) is 1. The summed E-state index contributed by atoms with van der Waals surface area (Å²) in [4.78, 5) is 36.5. The fourth-order valence-corrected chi connectivity index (χ4v) is 3.53. The summed E-state index contributed by atoms with van der Waals surface area (Å²) >= 11 is 7.37. The first-order valence-electron chi connectivity index (χ1n) is 6.50. The number of fused-ring (bicyclic) bond motifs is 1. The SMILES string of the molecule is O=C(OCC(=O)N1CCNC1=O)c1sc2ccccc2c1Cl. The van der Waals surface area contributed by atoms with Crippen LogP contribution in [0.4, 0.5) is 4.79 Å². The first kappa shape index (κ1) is 14.8. The van der Waals surface area contributed by atoms with Gasteiger partial charge in [-0.2, -0.15) is 0 Å². The topological polar surface area (TPSA) is 75.7 Å². The molecular weight excluding hydrogens is 328 g/mol. The van der Waals surface area contributed by atoms with E-state index >= 15 is 0 Å². The summed E-state index contributed by atoms with van der Waals surface area (Å²) in [6.07, 6.45) is 0. The molecule has 0 spiro atoms. The Morgan fingerprint density at radius 3 is 2.82 bits per heavy atom. The maximum Gasteiger partial charge on any atom is 0.350 e. The van der Waals surface area contributed by atoms with Crippen molar-refractivity contribution in [3.05, 3.63) is 34.2 Å². The van der Waals surface area contributed by atoms with Gasteiger partial charge in [-0.05, 0) is 6.07 Å². The van der Waals surface area contributed by atoms with Crippen LogP contribution in [0.1, 0.15) is 9.67 Å². The molecule has 1 aliphatic heterocycles. The van der Waals surface area contributed by atoms with Crippen LogP contribution in [0.2, 0.25) is 5.02 Å². The van der Waals surface area contributed by atoms with Gasteiger partial charge >= 0.3 is 12.0 Å². The Hall–Kier alpha value is -2.12. The van der Waals surface area contributed by atoms with E-state index in [2.05, 4.69) is 5.32 Å². The van der Waals surface area contributed by atoms with Crippen LogP contribution in [0.5, 0.6) is 0 Å². The fraction of sp³-hybridized carbons (Fsp3) is 0.214. The number of halogens is 1. The Bertz CT molecular complexity index is 773. The van der Waals surface area contributed by atoms with Crippen LogP contribution in [0.25, 0.3) is 10.1 Å². The molecule has 6 nitrogen and oxygen atoms in total. The average molecular weight is 339 g/mol. The van der Waals surface area contributed by atoms with E-state index in [0.29, 0.717) is 11.6 Å². The molecular formula is C14H11ClN2O4S. The van der Waals surface area contributed by atoms with Crippen molar-refractivity contribution in [2.45, 2.75) is 0 Å². The van der Waals surface area contributed by atoms with Crippen LogP contribution in [0, 0.1) is 0 Å². The van der Waals surface area contributed by atoms with Gasteiger partial charge in [-0.15, -0.1) is 11.3 Å². The van der Waals surface area contributed by atoms with Crippen molar-refractivity contribution in [1.29, 1.82) is 0 Å². The average Bonchev–Trinajstić information content (AvgIpc) is 3.09. The Kier molecular flexibility index (Phi) is 4.00. The molecule has 0 radical (unpaired) electrons. The van der Waals surface area contributed by atoms with Crippen molar-refractivity contribution in [2.24, 2.45) is 0 Å². The van der Waals surface area contributed by atoms with Crippen molar-refractivity contribution in [3.8, 4) is 0 Å². The van der Waals surface area contributed by atoms with E-state index in [0.717, 1.165) is 15.0 Å². The van der Waals surface area contributed by atoms with Crippen molar-refractivity contribution >= 4 is 50.9 Å². The third-order valence-corrected chi connectivity index (χ3v) is 4.86. The summed E-state index contributed by atoms with van der Waals surface area (Å²) in [6.45, 7) is 0.191. The first-order chi connectivity index (χ1) is 10.6. The maximum absolute atomic E-state index is 12.1. The summed E-state index contributed by atoms with van der Waals surface area (Å²) in [6, 6.07) is 6.86. The third kappa shape index (κ3) is 2.65. The van der Waals surface area contributed by atoms with E-state index in [4.69, 9.17) is 16.3 Å². The molecule has 0 atom stereocenters. The second kappa shape index (κ2) is 5.94. The van der Waals surface area contributed by atoms with Crippen molar-refractivity contribution in [1.82, 2.24) is 10.2 Å². The Labute approximate surface area is 134 Å². The van der Waals surface area contributed by atoms with Crippen molar-refractivity contribution in [2.75, 3.05) is 19.7 Å². The Balaban J connectivity index is 1.70. The van der Waals surface area contributed by atoms with Crippen molar-refractivity contribution in [3.63, 3.8) is 0 Å². The van der Waals surface area contributed by atoms with E-state index in [1.54, 1.807) is 0 Å². The summed E-state index contributed by atoms with van der Waals surface area (Å²) in [5, 5.41) is 3.59. The fourth-order valence-electron chi connectivity index (χ4n) is 2.13. The lowest BCUT2D eigenvalue weighted by Crippen LogP contribution is -2.37. The molecule has 22 heavy (non-hydrogen) atoms. The zero-order valence-electron chi connectivity index (χ0n) is 11.3. The Morgan fingerprint density at radius 2 is 2.14 bits per heavy atom. The number of benzene rings is 1. The van der Waals surface area contributed by atoms with E-state index in [1.807, 2.05) is 24.3 Å². The number of urea groups is 1. The third-order valence-electron chi connectivity index (χ3n) is 3.20. The highest BCUT2D eigenvalue weighted by molar-refractivity contribution is 7.21. The predicted molar refractivity (Wildman–Crippen MR) is 82.2 cm³/mol. The molecule has 2 aromatic rings. The molecule has 0 saturated carbocycles. The van der Waals surface area contributed by atoms with Crippen LogP contribution in [0.3, 0.4) is 0 Å². The van der Waals surface area contributed by atoms with Gasteiger partial charge in [-0.25, -0.2) is 9.59 Å². The number of thiophene rings is 1. The predicted octanol–water partition coefficient (Wildman–Crippen LogP) is 2.26. The van der Waals surface area contributed by atoms with Gasteiger partial charge in [0.2, 0.25) is 0 Å². The molecule has 1 aromatic carbocycles. The minimum absolute atomic E-state index is 0.251. The summed E-state index contributed by atoms with van der Waals surface area (Å²) < 4.78 is 5.84. The van der Waals surface area contributed by atoms with Gasteiger partial charge in [0.15, 0.2) is 6.61 Å². The van der Waals surface area contributed by atoms with Crippen LogP contribution >= 0.6 is 22.9 Å². The molecule has 1 aromatic heterocycles. The quantitative estimate of drug-likeness (QED) is 0.871. The molecule has 2 heterocycles. The lowest BCUT2D eigenvalue weighted by molar-refractivity contribution is -0.130. The van der Waals surface area contributed by atoms with E-state index in [1.165, 1.54) is 11.3 Å². The smallest absolute Gasteiger partial charge is 0.350 e. The molecule has 0 bridgehead atoms. The second-order valence-electron chi connectivity index (χ2n) is 4.59. The van der Waals surface area contributed by atoms with Gasteiger partial charge in [0.1, 0.15) is 4.88 Å².